The molecule has 1 aliphatic rings. The van der Waals surface area contributed by atoms with Gasteiger partial charge < -0.3 is 9.47 Å². The Bertz CT molecular complexity index is 1810. The van der Waals surface area contributed by atoms with Gasteiger partial charge in [0.2, 0.25) is 11.6 Å². The number of benzene rings is 3. The van der Waals surface area contributed by atoms with E-state index in [1.165, 1.54) is 17.4 Å². The van der Waals surface area contributed by atoms with Crippen LogP contribution in [0.5, 0.6) is 11.5 Å². The SMILES string of the molecule is Cc1c(N=c2scc(-c3ccccc3F)n2N=Cc2ccc3c(c2)OCO3)c(=O)n(-c2ccccc2)n1C. The van der Waals surface area contributed by atoms with Crippen molar-refractivity contribution in [2.45, 2.75) is 6.92 Å². The summed E-state index contributed by atoms with van der Waals surface area (Å²) in [5.74, 6) is 0.915. The van der Waals surface area contributed by atoms with E-state index in [4.69, 9.17) is 14.5 Å². The zero-order valence-corrected chi connectivity index (χ0v) is 21.4. The maximum atomic E-state index is 14.8. The number of nitrogens with zero attached hydrogens (tertiary/aromatic N) is 5. The monoisotopic (exact) mass is 527 g/mol. The summed E-state index contributed by atoms with van der Waals surface area (Å²) in [5, 5.41) is 6.43. The molecule has 0 saturated carbocycles. The van der Waals surface area contributed by atoms with Crippen molar-refractivity contribution < 1.29 is 13.9 Å². The van der Waals surface area contributed by atoms with Gasteiger partial charge in [0.25, 0.3) is 5.56 Å². The third-order valence-electron chi connectivity index (χ3n) is 6.29. The van der Waals surface area contributed by atoms with Gasteiger partial charge in [-0.25, -0.2) is 18.7 Å². The van der Waals surface area contributed by atoms with E-state index < -0.39 is 0 Å². The van der Waals surface area contributed by atoms with Crippen LogP contribution in [0, 0.1) is 12.7 Å². The summed E-state index contributed by atoms with van der Waals surface area (Å²) in [5.41, 5.74) is 3.09. The highest BCUT2D eigenvalue weighted by Crippen LogP contribution is 2.32. The molecule has 10 heteroatoms. The standard InChI is InChI=1S/C28H22FN5O3S/c1-18-26(27(35)34(32(18)2)20-8-4-3-5-9-20)31-28-33(23(16-38-28)21-10-6-7-11-22(21)29)30-15-19-12-13-24-25(14-19)37-17-36-24/h3-16H,17H2,1-2H3. The smallest absolute Gasteiger partial charge is 0.297 e. The van der Waals surface area contributed by atoms with Crippen LogP contribution >= 0.6 is 11.3 Å². The lowest BCUT2D eigenvalue weighted by Crippen LogP contribution is -2.20. The summed E-state index contributed by atoms with van der Waals surface area (Å²) < 4.78 is 30.5. The number of hydrogen-bond acceptors (Lipinski definition) is 6. The van der Waals surface area contributed by atoms with Gasteiger partial charge in [0.15, 0.2) is 17.2 Å². The van der Waals surface area contributed by atoms with Crippen molar-refractivity contribution >= 4 is 23.2 Å². The van der Waals surface area contributed by atoms with Crippen LogP contribution in [0.3, 0.4) is 0 Å². The maximum Gasteiger partial charge on any atom is 0.297 e. The Labute approximate surface area is 220 Å². The summed E-state index contributed by atoms with van der Waals surface area (Å²) in [6.07, 6.45) is 1.64. The fourth-order valence-corrected chi connectivity index (χ4v) is 5.07. The Kier molecular flexibility index (Phi) is 6.01. The topological polar surface area (TPSA) is 75.0 Å². The first kappa shape index (κ1) is 23.7. The van der Waals surface area contributed by atoms with Crippen molar-refractivity contribution in [3.8, 4) is 28.4 Å². The number of thiazole rings is 1. The molecular formula is C28H22FN5O3S. The molecule has 0 saturated heterocycles. The van der Waals surface area contributed by atoms with Crippen molar-refractivity contribution in [3.05, 3.63) is 110 Å². The van der Waals surface area contributed by atoms with Crippen LogP contribution < -0.4 is 19.8 Å². The Hall–Kier alpha value is -4.70. The molecule has 0 fully saturated rings. The Morgan fingerprint density at radius 3 is 2.58 bits per heavy atom. The molecule has 0 spiro atoms. The molecule has 0 unspecified atom stereocenters. The van der Waals surface area contributed by atoms with Gasteiger partial charge >= 0.3 is 0 Å². The Balaban J connectivity index is 1.52. The highest BCUT2D eigenvalue weighted by molar-refractivity contribution is 7.07. The third kappa shape index (κ3) is 4.14. The lowest BCUT2D eigenvalue weighted by molar-refractivity contribution is 0.174. The number of halogens is 1. The minimum Gasteiger partial charge on any atom is -0.454 e. The average Bonchev–Trinajstić information content (AvgIpc) is 3.62. The van der Waals surface area contributed by atoms with E-state index >= 15 is 0 Å². The van der Waals surface area contributed by atoms with E-state index in [2.05, 4.69) is 5.10 Å². The van der Waals surface area contributed by atoms with E-state index in [-0.39, 0.29) is 23.9 Å². The predicted octanol–water partition coefficient (Wildman–Crippen LogP) is 5.00. The van der Waals surface area contributed by atoms with Crippen LogP contribution in [0.25, 0.3) is 16.9 Å². The Morgan fingerprint density at radius 1 is 1.00 bits per heavy atom. The molecule has 0 atom stereocenters. The van der Waals surface area contributed by atoms with Gasteiger partial charge in [-0.05, 0) is 55.0 Å². The second kappa shape index (κ2) is 9.64. The second-order valence-electron chi connectivity index (χ2n) is 8.57. The van der Waals surface area contributed by atoms with Gasteiger partial charge in [0, 0.05) is 18.0 Å². The molecule has 0 amide bonds. The Morgan fingerprint density at radius 2 is 1.76 bits per heavy atom. The minimum absolute atomic E-state index is 0.173. The lowest BCUT2D eigenvalue weighted by Gasteiger charge is -2.07. The van der Waals surface area contributed by atoms with Gasteiger partial charge in [0.05, 0.1) is 23.3 Å². The first-order valence-electron chi connectivity index (χ1n) is 11.8. The maximum absolute atomic E-state index is 14.8. The first-order chi connectivity index (χ1) is 18.5. The largest absolute Gasteiger partial charge is 0.454 e. The van der Waals surface area contributed by atoms with Gasteiger partial charge in [-0.15, -0.1) is 11.3 Å². The van der Waals surface area contributed by atoms with Crippen LogP contribution in [0.15, 0.2) is 93.1 Å². The van der Waals surface area contributed by atoms with Crippen molar-refractivity contribution in [2.75, 3.05) is 6.79 Å². The lowest BCUT2D eigenvalue weighted by atomic mass is 10.1. The van der Waals surface area contributed by atoms with Crippen LogP contribution in [0.1, 0.15) is 11.3 Å². The molecule has 8 nitrogen and oxygen atoms in total. The molecule has 3 heterocycles. The summed E-state index contributed by atoms with van der Waals surface area (Å²) in [4.78, 5) is 18.6. The summed E-state index contributed by atoms with van der Waals surface area (Å²) in [6.45, 7) is 2.01. The number of ether oxygens (including phenoxy) is 2. The van der Waals surface area contributed by atoms with Crippen molar-refractivity contribution in [3.63, 3.8) is 0 Å². The zero-order chi connectivity index (χ0) is 26.2. The molecule has 0 radical (unpaired) electrons. The van der Waals surface area contributed by atoms with Crippen LogP contribution in [-0.4, -0.2) is 27.0 Å². The highest BCUT2D eigenvalue weighted by Gasteiger charge is 2.18. The van der Waals surface area contributed by atoms with Crippen molar-refractivity contribution in [1.29, 1.82) is 0 Å². The van der Waals surface area contributed by atoms with E-state index in [0.717, 1.165) is 11.3 Å². The van der Waals surface area contributed by atoms with E-state index in [1.807, 2.05) is 62.5 Å². The van der Waals surface area contributed by atoms with E-state index in [0.29, 0.717) is 33.3 Å². The molecule has 0 N–H and O–H groups in total. The van der Waals surface area contributed by atoms with Crippen molar-refractivity contribution in [1.82, 2.24) is 14.0 Å². The van der Waals surface area contributed by atoms with Crippen LogP contribution in [-0.2, 0) is 7.05 Å². The summed E-state index contributed by atoms with van der Waals surface area (Å²) >= 11 is 1.27. The van der Waals surface area contributed by atoms with Gasteiger partial charge in [-0.1, -0.05) is 30.3 Å². The molecule has 190 valence electrons. The molecule has 5 aromatic rings. The number of rotatable bonds is 5. The molecule has 0 aliphatic carbocycles. The zero-order valence-electron chi connectivity index (χ0n) is 20.5. The third-order valence-corrected chi connectivity index (χ3v) is 7.10. The summed E-state index contributed by atoms with van der Waals surface area (Å²) in [6, 6.07) is 21.3. The van der Waals surface area contributed by atoms with E-state index in [9.17, 15) is 9.18 Å². The van der Waals surface area contributed by atoms with E-state index in [1.54, 1.807) is 43.8 Å². The van der Waals surface area contributed by atoms with Crippen LogP contribution in [0.2, 0.25) is 0 Å². The molecule has 38 heavy (non-hydrogen) atoms. The number of hydrogen-bond donors (Lipinski definition) is 0. The highest BCUT2D eigenvalue weighted by atomic mass is 32.1. The van der Waals surface area contributed by atoms with Crippen LogP contribution in [0.4, 0.5) is 10.1 Å². The predicted molar refractivity (Wildman–Crippen MR) is 144 cm³/mol. The molecular weight excluding hydrogens is 505 g/mol. The summed E-state index contributed by atoms with van der Waals surface area (Å²) in [7, 11) is 1.81. The van der Waals surface area contributed by atoms with Gasteiger partial charge in [-0.2, -0.15) is 5.10 Å². The van der Waals surface area contributed by atoms with Gasteiger partial charge in [-0.3, -0.25) is 9.48 Å². The number of para-hydroxylation sites is 1. The normalized spacial score (nSPS) is 13.1. The minimum atomic E-state index is -0.383. The molecule has 3 aromatic carbocycles. The first-order valence-corrected chi connectivity index (χ1v) is 12.7. The molecule has 1 aliphatic heterocycles. The fourth-order valence-electron chi connectivity index (χ4n) is 4.24. The fraction of sp³-hybridized carbons (Fsp3) is 0.107. The molecule has 2 aromatic heterocycles. The van der Waals surface area contributed by atoms with Gasteiger partial charge in [0.1, 0.15) is 5.82 Å². The number of aromatic nitrogens is 3. The second-order valence-corrected chi connectivity index (χ2v) is 9.41. The molecule has 0 bridgehead atoms. The number of fused-ring (bicyclic) bond motifs is 1. The quantitative estimate of drug-likeness (QED) is 0.302. The molecule has 6 rings (SSSR count). The van der Waals surface area contributed by atoms with Crippen molar-refractivity contribution in [2.24, 2.45) is 17.1 Å². The average molecular weight is 528 g/mol.